The molecule has 2 aromatic rings. The Bertz CT molecular complexity index is 746. The van der Waals surface area contributed by atoms with Crippen molar-refractivity contribution in [1.29, 1.82) is 0 Å². The number of anilines is 2. The molecule has 0 spiro atoms. The Morgan fingerprint density at radius 1 is 1.04 bits per heavy atom. The van der Waals surface area contributed by atoms with Gasteiger partial charge in [-0.05, 0) is 48.1 Å². The van der Waals surface area contributed by atoms with Crippen molar-refractivity contribution in [3.05, 3.63) is 59.7 Å². The van der Waals surface area contributed by atoms with Crippen LogP contribution in [0.5, 0.6) is 0 Å². The first-order valence-electron chi connectivity index (χ1n) is 6.80. The zero-order chi connectivity index (χ0) is 17.7. The van der Waals surface area contributed by atoms with Crippen molar-refractivity contribution in [2.75, 3.05) is 10.6 Å². The molecule has 0 heterocycles. The number of aliphatic carboxylic acids is 1. The van der Waals surface area contributed by atoms with Gasteiger partial charge in [-0.15, -0.1) is 0 Å². The SMILES string of the molecule is O=C(O)Cc1ccc(NC(=S)Nc2cccc(C(F)(F)F)c2)cc1. The molecule has 24 heavy (non-hydrogen) atoms. The van der Waals surface area contributed by atoms with Crippen molar-refractivity contribution < 1.29 is 23.1 Å². The van der Waals surface area contributed by atoms with Crippen LogP contribution in [0, 0.1) is 0 Å². The standard InChI is InChI=1S/C16H13F3N2O2S/c17-16(18,19)11-2-1-3-13(9-11)21-15(24)20-12-6-4-10(5-7-12)8-14(22)23/h1-7,9H,8H2,(H,22,23)(H2,20,21,24). The van der Waals surface area contributed by atoms with Gasteiger partial charge in [-0.3, -0.25) is 4.79 Å². The second-order valence-electron chi connectivity index (χ2n) is 4.93. The number of rotatable bonds is 4. The second-order valence-corrected chi connectivity index (χ2v) is 5.33. The van der Waals surface area contributed by atoms with E-state index in [4.69, 9.17) is 17.3 Å². The fraction of sp³-hybridized carbons (Fsp3) is 0.125. The molecule has 126 valence electrons. The highest BCUT2D eigenvalue weighted by Gasteiger charge is 2.30. The fourth-order valence-corrected chi connectivity index (χ4v) is 2.18. The van der Waals surface area contributed by atoms with Crippen LogP contribution in [0.2, 0.25) is 0 Å². The highest BCUT2D eigenvalue weighted by Crippen LogP contribution is 2.30. The second kappa shape index (κ2) is 7.31. The van der Waals surface area contributed by atoms with Crippen LogP contribution >= 0.6 is 12.2 Å². The Kier molecular flexibility index (Phi) is 5.40. The molecule has 2 rings (SSSR count). The van der Waals surface area contributed by atoms with Crippen LogP contribution in [0.15, 0.2) is 48.5 Å². The maximum absolute atomic E-state index is 12.7. The molecule has 0 amide bonds. The largest absolute Gasteiger partial charge is 0.481 e. The topological polar surface area (TPSA) is 61.4 Å². The van der Waals surface area contributed by atoms with Gasteiger partial charge in [-0.25, -0.2) is 0 Å². The molecule has 0 aliphatic heterocycles. The number of carboxylic acid groups (broad SMARTS) is 1. The van der Waals surface area contributed by atoms with Gasteiger partial charge in [-0.1, -0.05) is 18.2 Å². The van der Waals surface area contributed by atoms with E-state index in [2.05, 4.69) is 10.6 Å². The Morgan fingerprint density at radius 2 is 1.67 bits per heavy atom. The monoisotopic (exact) mass is 354 g/mol. The van der Waals surface area contributed by atoms with Gasteiger partial charge in [0.25, 0.3) is 0 Å². The van der Waals surface area contributed by atoms with Crippen molar-refractivity contribution in [1.82, 2.24) is 0 Å². The Labute approximate surface area is 141 Å². The van der Waals surface area contributed by atoms with Gasteiger partial charge in [-0.2, -0.15) is 13.2 Å². The van der Waals surface area contributed by atoms with E-state index in [1.807, 2.05) is 0 Å². The van der Waals surface area contributed by atoms with E-state index in [9.17, 15) is 18.0 Å². The first-order chi connectivity index (χ1) is 11.2. The normalized spacial score (nSPS) is 11.0. The number of nitrogens with one attached hydrogen (secondary N) is 2. The highest BCUT2D eigenvalue weighted by atomic mass is 32.1. The highest BCUT2D eigenvalue weighted by molar-refractivity contribution is 7.80. The number of alkyl halides is 3. The number of halogens is 3. The predicted octanol–water partition coefficient (Wildman–Crippen LogP) is 4.14. The summed E-state index contributed by atoms with van der Waals surface area (Å²) in [5, 5.41) is 14.3. The van der Waals surface area contributed by atoms with E-state index in [-0.39, 0.29) is 17.2 Å². The summed E-state index contributed by atoms with van der Waals surface area (Å²) >= 11 is 5.06. The van der Waals surface area contributed by atoms with Crippen LogP contribution in [-0.2, 0) is 17.4 Å². The molecule has 0 unspecified atom stereocenters. The molecule has 0 aliphatic rings. The molecular formula is C16H13F3N2O2S. The lowest BCUT2D eigenvalue weighted by Gasteiger charge is -2.13. The molecule has 0 saturated heterocycles. The van der Waals surface area contributed by atoms with E-state index in [0.717, 1.165) is 12.1 Å². The maximum Gasteiger partial charge on any atom is 0.416 e. The molecule has 3 N–H and O–H groups in total. The summed E-state index contributed by atoms with van der Waals surface area (Å²) < 4.78 is 38.0. The van der Waals surface area contributed by atoms with Crippen LogP contribution in [-0.4, -0.2) is 16.2 Å². The van der Waals surface area contributed by atoms with E-state index >= 15 is 0 Å². The Morgan fingerprint density at radius 3 is 2.25 bits per heavy atom. The van der Waals surface area contributed by atoms with Crippen molar-refractivity contribution in [3.63, 3.8) is 0 Å². The van der Waals surface area contributed by atoms with E-state index in [1.165, 1.54) is 12.1 Å². The van der Waals surface area contributed by atoms with Crippen molar-refractivity contribution >= 4 is 34.7 Å². The third-order valence-electron chi connectivity index (χ3n) is 3.01. The lowest BCUT2D eigenvalue weighted by Crippen LogP contribution is -2.19. The molecule has 0 bridgehead atoms. The minimum absolute atomic E-state index is 0.0901. The van der Waals surface area contributed by atoms with Crippen molar-refractivity contribution in [2.45, 2.75) is 12.6 Å². The van der Waals surface area contributed by atoms with Gasteiger partial charge in [0.15, 0.2) is 5.11 Å². The lowest BCUT2D eigenvalue weighted by molar-refractivity contribution is -0.138. The molecule has 0 aliphatic carbocycles. The number of carboxylic acids is 1. The zero-order valence-electron chi connectivity index (χ0n) is 12.2. The molecule has 0 radical (unpaired) electrons. The van der Waals surface area contributed by atoms with Gasteiger partial charge < -0.3 is 15.7 Å². The van der Waals surface area contributed by atoms with E-state index in [0.29, 0.717) is 11.3 Å². The predicted molar refractivity (Wildman–Crippen MR) is 89.1 cm³/mol. The number of thiocarbonyl (C=S) groups is 1. The van der Waals surface area contributed by atoms with Crippen molar-refractivity contribution in [2.24, 2.45) is 0 Å². The smallest absolute Gasteiger partial charge is 0.416 e. The van der Waals surface area contributed by atoms with E-state index in [1.54, 1.807) is 24.3 Å². The average molecular weight is 354 g/mol. The summed E-state index contributed by atoms with van der Waals surface area (Å²) in [4.78, 5) is 10.6. The summed E-state index contributed by atoms with van der Waals surface area (Å²) in [6, 6.07) is 11.2. The van der Waals surface area contributed by atoms with Crippen LogP contribution in [0.4, 0.5) is 24.5 Å². The lowest BCUT2D eigenvalue weighted by atomic mass is 10.1. The van der Waals surface area contributed by atoms with Gasteiger partial charge in [0, 0.05) is 11.4 Å². The first-order valence-corrected chi connectivity index (χ1v) is 7.21. The van der Waals surface area contributed by atoms with Gasteiger partial charge in [0.2, 0.25) is 0 Å². The maximum atomic E-state index is 12.7. The summed E-state index contributed by atoms with van der Waals surface area (Å²) in [6.07, 6.45) is -4.51. The molecule has 0 aromatic heterocycles. The van der Waals surface area contributed by atoms with Gasteiger partial charge in [0.1, 0.15) is 0 Å². The third-order valence-corrected chi connectivity index (χ3v) is 3.22. The zero-order valence-corrected chi connectivity index (χ0v) is 13.0. The van der Waals surface area contributed by atoms with Crippen LogP contribution in [0.3, 0.4) is 0 Å². The number of carbonyl (C=O) groups is 1. The van der Waals surface area contributed by atoms with Crippen LogP contribution in [0.1, 0.15) is 11.1 Å². The average Bonchev–Trinajstić information content (AvgIpc) is 2.48. The molecule has 2 aromatic carbocycles. The number of hydrogen-bond donors (Lipinski definition) is 3. The molecule has 0 atom stereocenters. The minimum atomic E-state index is -4.42. The Hall–Kier alpha value is -2.61. The summed E-state index contributed by atoms with van der Waals surface area (Å²) in [7, 11) is 0. The van der Waals surface area contributed by atoms with Gasteiger partial charge in [0.05, 0.1) is 12.0 Å². The minimum Gasteiger partial charge on any atom is -0.481 e. The van der Waals surface area contributed by atoms with Crippen LogP contribution in [0.25, 0.3) is 0 Å². The van der Waals surface area contributed by atoms with Gasteiger partial charge >= 0.3 is 12.1 Å². The molecule has 4 nitrogen and oxygen atoms in total. The summed E-state index contributed by atoms with van der Waals surface area (Å²) in [6.45, 7) is 0. The van der Waals surface area contributed by atoms with Crippen molar-refractivity contribution in [3.8, 4) is 0 Å². The van der Waals surface area contributed by atoms with E-state index < -0.39 is 17.7 Å². The fourth-order valence-electron chi connectivity index (χ4n) is 1.95. The Balaban J connectivity index is 1.99. The third kappa shape index (κ3) is 5.24. The number of hydrogen-bond acceptors (Lipinski definition) is 2. The first kappa shape index (κ1) is 17.7. The molecule has 8 heteroatoms. The molecular weight excluding hydrogens is 341 g/mol. The van der Waals surface area contributed by atoms with Crippen LogP contribution < -0.4 is 10.6 Å². The summed E-state index contributed by atoms with van der Waals surface area (Å²) in [5.41, 5.74) is 0.663. The number of benzene rings is 2. The quantitative estimate of drug-likeness (QED) is 0.721. The summed E-state index contributed by atoms with van der Waals surface area (Å²) in [5.74, 6) is -0.933. The molecule has 0 fully saturated rings. The molecule has 0 saturated carbocycles.